The van der Waals surface area contributed by atoms with Gasteiger partial charge in [0.05, 0.1) is 19.3 Å². The number of rotatable bonds is 5. The summed E-state index contributed by atoms with van der Waals surface area (Å²) in [6.45, 7) is 6.07. The lowest BCUT2D eigenvalue weighted by molar-refractivity contribution is 0.0546. The average Bonchev–Trinajstić information content (AvgIpc) is 2.49. The molecule has 1 aromatic carbocycles. The summed E-state index contributed by atoms with van der Waals surface area (Å²) in [7, 11) is 0. The van der Waals surface area contributed by atoms with Crippen molar-refractivity contribution in [2.45, 2.75) is 32.8 Å². The topological polar surface area (TPSA) is 59.0 Å². The summed E-state index contributed by atoms with van der Waals surface area (Å²) in [5.74, 6) is 1.23. The monoisotopic (exact) mass is 293 g/mol. The Balaban J connectivity index is 2.15. The molecule has 1 N–H and O–H groups in total. The number of ether oxygens (including phenoxy) is 2. The highest BCUT2D eigenvalue weighted by molar-refractivity contribution is 5.95. The number of nitrogens with zero attached hydrogens (tertiary/aromatic N) is 1. The molecule has 0 radical (unpaired) electrons. The molecule has 1 heterocycles. The van der Waals surface area contributed by atoms with Crippen molar-refractivity contribution in [3.63, 3.8) is 0 Å². The molecule has 0 spiro atoms. The zero-order chi connectivity index (χ0) is 15.2. The van der Waals surface area contributed by atoms with E-state index in [0.29, 0.717) is 56.2 Å². The zero-order valence-electron chi connectivity index (χ0n) is 12.7. The van der Waals surface area contributed by atoms with Gasteiger partial charge in [-0.15, -0.1) is 0 Å². The first-order valence-electron chi connectivity index (χ1n) is 7.52. The third kappa shape index (κ3) is 3.88. The number of aliphatic hydroxyl groups excluding tert-OH is 1. The second-order valence-electron chi connectivity index (χ2n) is 5.05. The van der Waals surface area contributed by atoms with Crippen LogP contribution in [0.1, 0.15) is 37.0 Å². The zero-order valence-corrected chi connectivity index (χ0v) is 12.7. The highest BCUT2D eigenvalue weighted by Crippen LogP contribution is 2.29. The van der Waals surface area contributed by atoms with Gasteiger partial charge in [0.1, 0.15) is 0 Å². The smallest absolute Gasteiger partial charge is 0.253 e. The van der Waals surface area contributed by atoms with Gasteiger partial charge >= 0.3 is 0 Å². The summed E-state index contributed by atoms with van der Waals surface area (Å²) in [6.07, 6.45) is 0.996. The lowest BCUT2D eigenvalue weighted by Crippen LogP contribution is -2.40. The van der Waals surface area contributed by atoms with Crippen molar-refractivity contribution in [1.29, 1.82) is 0 Å². The Labute approximate surface area is 125 Å². The van der Waals surface area contributed by atoms with E-state index in [4.69, 9.17) is 9.47 Å². The SMILES string of the molecule is CCOc1ccc(C(=O)N2CCC(O)CC2)cc1OCC. The van der Waals surface area contributed by atoms with Crippen molar-refractivity contribution in [1.82, 2.24) is 4.90 Å². The molecular formula is C16H23NO4. The Morgan fingerprint density at radius 2 is 1.81 bits per heavy atom. The maximum Gasteiger partial charge on any atom is 0.253 e. The molecule has 2 rings (SSSR count). The Hall–Kier alpha value is -1.75. The number of benzene rings is 1. The van der Waals surface area contributed by atoms with Gasteiger partial charge in [-0.2, -0.15) is 0 Å². The Kier molecular flexibility index (Phi) is 5.44. The Bertz CT molecular complexity index is 481. The summed E-state index contributed by atoms with van der Waals surface area (Å²) < 4.78 is 11.0. The van der Waals surface area contributed by atoms with Gasteiger partial charge in [0.25, 0.3) is 5.91 Å². The van der Waals surface area contributed by atoms with Crippen LogP contribution in [0.5, 0.6) is 11.5 Å². The maximum absolute atomic E-state index is 12.5. The van der Waals surface area contributed by atoms with Crippen LogP contribution in [0.3, 0.4) is 0 Å². The third-order valence-corrected chi connectivity index (χ3v) is 3.54. The summed E-state index contributed by atoms with van der Waals surface area (Å²) in [6, 6.07) is 5.28. The van der Waals surface area contributed by atoms with Gasteiger partial charge in [0, 0.05) is 18.7 Å². The van der Waals surface area contributed by atoms with Crippen LogP contribution >= 0.6 is 0 Å². The van der Waals surface area contributed by atoms with Crippen LogP contribution in [-0.2, 0) is 0 Å². The number of piperidine rings is 1. The van der Waals surface area contributed by atoms with E-state index in [1.807, 2.05) is 13.8 Å². The molecule has 0 saturated carbocycles. The lowest BCUT2D eigenvalue weighted by Gasteiger charge is -2.29. The molecule has 1 aliphatic rings. The first-order chi connectivity index (χ1) is 10.2. The predicted molar refractivity (Wildman–Crippen MR) is 79.9 cm³/mol. The number of hydrogen-bond donors (Lipinski definition) is 1. The molecule has 1 saturated heterocycles. The number of hydrogen-bond acceptors (Lipinski definition) is 4. The van der Waals surface area contributed by atoms with Gasteiger partial charge in [-0.1, -0.05) is 0 Å². The second-order valence-corrected chi connectivity index (χ2v) is 5.05. The quantitative estimate of drug-likeness (QED) is 0.903. The molecule has 5 heteroatoms. The van der Waals surface area contributed by atoms with Crippen LogP contribution in [0, 0.1) is 0 Å². The van der Waals surface area contributed by atoms with Crippen LogP contribution in [0.4, 0.5) is 0 Å². The fourth-order valence-electron chi connectivity index (χ4n) is 2.44. The number of carbonyl (C=O) groups is 1. The molecule has 1 fully saturated rings. The molecule has 1 aromatic rings. The molecular weight excluding hydrogens is 270 g/mol. The van der Waals surface area contributed by atoms with Crippen LogP contribution in [0.15, 0.2) is 18.2 Å². The van der Waals surface area contributed by atoms with E-state index in [1.54, 1.807) is 23.1 Å². The van der Waals surface area contributed by atoms with E-state index in [1.165, 1.54) is 0 Å². The minimum absolute atomic E-state index is 0.0223. The summed E-state index contributed by atoms with van der Waals surface area (Å²) >= 11 is 0. The van der Waals surface area contributed by atoms with Crippen molar-refractivity contribution >= 4 is 5.91 Å². The van der Waals surface area contributed by atoms with Crippen LogP contribution in [0.25, 0.3) is 0 Å². The maximum atomic E-state index is 12.5. The van der Waals surface area contributed by atoms with Crippen molar-refractivity contribution in [3.8, 4) is 11.5 Å². The van der Waals surface area contributed by atoms with Crippen LogP contribution < -0.4 is 9.47 Å². The molecule has 0 aromatic heterocycles. The number of amides is 1. The molecule has 0 bridgehead atoms. The van der Waals surface area contributed by atoms with Gasteiger partial charge in [-0.25, -0.2) is 0 Å². The van der Waals surface area contributed by atoms with E-state index in [0.717, 1.165) is 0 Å². The summed E-state index contributed by atoms with van der Waals surface area (Å²) in [5.41, 5.74) is 0.596. The molecule has 0 unspecified atom stereocenters. The first kappa shape index (κ1) is 15.6. The third-order valence-electron chi connectivity index (χ3n) is 3.54. The van der Waals surface area contributed by atoms with E-state index >= 15 is 0 Å². The highest BCUT2D eigenvalue weighted by atomic mass is 16.5. The van der Waals surface area contributed by atoms with Crippen molar-refractivity contribution in [2.24, 2.45) is 0 Å². The van der Waals surface area contributed by atoms with Crippen molar-refractivity contribution in [2.75, 3.05) is 26.3 Å². The van der Waals surface area contributed by atoms with Crippen LogP contribution in [-0.4, -0.2) is 48.3 Å². The molecule has 0 atom stereocenters. The fraction of sp³-hybridized carbons (Fsp3) is 0.562. The molecule has 21 heavy (non-hydrogen) atoms. The summed E-state index contributed by atoms with van der Waals surface area (Å²) in [4.78, 5) is 14.3. The fourth-order valence-corrected chi connectivity index (χ4v) is 2.44. The number of carbonyl (C=O) groups excluding carboxylic acids is 1. The Morgan fingerprint density at radius 1 is 1.19 bits per heavy atom. The summed E-state index contributed by atoms with van der Waals surface area (Å²) in [5, 5.41) is 9.51. The van der Waals surface area contributed by atoms with Crippen molar-refractivity contribution < 1.29 is 19.4 Å². The normalized spacial score (nSPS) is 15.9. The number of likely N-dealkylation sites (tertiary alicyclic amines) is 1. The van der Waals surface area contributed by atoms with Crippen molar-refractivity contribution in [3.05, 3.63) is 23.8 Å². The first-order valence-corrected chi connectivity index (χ1v) is 7.52. The lowest BCUT2D eigenvalue weighted by atomic mass is 10.1. The van der Waals surface area contributed by atoms with E-state index in [2.05, 4.69) is 0 Å². The standard InChI is InChI=1S/C16H23NO4/c1-3-20-14-6-5-12(11-15(14)21-4-2)16(19)17-9-7-13(18)8-10-17/h5-6,11,13,18H,3-4,7-10H2,1-2H3. The molecule has 1 aliphatic heterocycles. The number of aliphatic hydroxyl groups is 1. The Morgan fingerprint density at radius 3 is 2.43 bits per heavy atom. The second kappa shape index (κ2) is 7.31. The average molecular weight is 293 g/mol. The largest absolute Gasteiger partial charge is 0.490 e. The highest BCUT2D eigenvalue weighted by Gasteiger charge is 2.23. The van der Waals surface area contributed by atoms with Gasteiger partial charge < -0.3 is 19.5 Å². The van der Waals surface area contributed by atoms with E-state index in [9.17, 15) is 9.90 Å². The minimum atomic E-state index is -0.284. The van der Waals surface area contributed by atoms with E-state index < -0.39 is 0 Å². The predicted octanol–water partition coefficient (Wildman–Crippen LogP) is 2.08. The van der Waals surface area contributed by atoms with E-state index in [-0.39, 0.29) is 12.0 Å². The molecule has 116 valence electrons. The molecule has 0 aliphatic carbocycles. The van der Waals surface area contributed by atoms with Gasteiger partial charge in [0.15, 0.2) is 11.5 Å². The van der Waals surface area contributed by atoms with Gasteiger partial charge in [-0.3, -0.25) is 4.79 Å². The minimum Gasteiger partial charge on any atom is -0.490 e. The van der Waals surface area contributed by atoms with Gasteiger partial charge in [-0.05, 0) is 44.9 Å². The van der Waals surface area contributed by atoms with Crippen LogP contribution in [0.2, 0.25) is 0 Å². The molecule has 5 nitrogen and oxygen atoms in total. The van der Waals surface area contributed by atoms with Gasteiger partial charge in [0.2, 0.25) is 0 Å². The molecule has 1 amide bonds.